The molecule has 214 valence electrons. The van der Waals surface area contributed by atoms with Gasteiger partial charge in [-0.2, -0.15) is 12.6 Å². The van der Waals surface area contributed by atoms with Crippen LogP contribution in [0.3, 0.4) is 0 Å². The number of amides is 1. The molecule has 36 heavy (non-hydrogen) atoms. The molecule has 0 radical (unpaired) electrons. The first-order valence-corrected chi connectivity index (χ1v) is 17.0. The van der Waals surface area contributed by atoms with Crippen molar-refractivity contribution in [2.45, 2.75) is 116 Å². The third kappa shape index (κ3) is 12.1. The van der Waals surface area contributed by atoms with Gasteiger partial charge in [-0.05, 0) is 42.8 Å². The van der Waals surface area contributed by atoms with Crippen molar-refractivity contribution < 1.29 is 28.2 Å². The molecule has 5 atom stereocenters. The van der Waals surface area contributed by atoms with Gasteiger partial charge < -0.3 is 28.7 Å². The molecule has 0 aliphatic carbocycles. The van der Waals surface area contributed by atoms with E-state index in [-0.39, 0.29) is 34.2 Å². The van der Waals surface area contributed by atoms with Crippen LogP contribution in [0.4, 0.5) is 0 Å². The van der Waals surface area contributed by atoms with E-state index < -0.39 is 8.32 Å². The zero-order valence-electron chi connectivity index (χ0n) is 24.6. The van der Waals surface area contributed by atoms with E-state index in [4.69, 9.17) is 23.4 Å². The Hall–Kier alpha value is -0.163. The Balaban J connectivity index is 2.34. The lowest BCUT2D eigenvalue weighted by atomic mass is 9.82. The molecule has 5 unspecified atom stereocenters. The van der Waals surface area contributed by atoms with Gasteiger partial charge in [-0.1, -0.05) is 55.4 Å². The van der Waals surface area contributed by atoms with E-state index in [0.29, 0.717) is 57.8 Å². The van der Waals surface area contributed by atoms with Crippen LogP contribution in [-0.4, -0.2) is 77.0 Å². The second kappa shape index (κ2) is 15.4. The minimum Gasteiger partial charge on any atom is -0.408 e. The van der Waals surface area contributed by atoms with E-state index in [2.05, 4.69) is 72.6 Å². The van der Waals surface area contributed by atoms with Gasteiger partial charge in [0, 0.05) is 17.7 Å². The molecule has 1 heterocycles. The van der Waals surface area contributed by atoms with E-state index in [0.717, 1.165) is 12.8 Å². The van der Waals surface area contributed by atoms with E-state index in [1.54, 1.807) is 0 Å². The molecular formula is C27H55NO6SSi. The van der Waals surface area contributed by atoms with Crippen molar-refractivity contribution in [2.24, 2.45) is 11.8 Å². The van der Waals surface area contributed by atoms with Crippen molar-refractivity contribution in [3.63, 3.8) is 0 Å². The summed E-state index contributed by atoms with van der Waals surface area (Å²) in [5.41, 5.74) is 0. The van der Waals surface area contributed by atoms with Crippen LogP contribution >= 0.6 is 12.6 Å². The molecule has 9 heteroatoms. The molecule has 1 N–H and O–H groups in total. The molecule has 0 saturated carbocycles. The maximum Gasteiger partial charge on any atom is 0.220 e. The Morgan fingerprint density at radius 2 is 1.56 bits per heavy atom. The second-order valence-electron chi connectivity index (χ2n) is 12.3. The molecule has 1 amide bonds. The highest BCUT2D eigenvalue weighted by atomic mass is 32.1. The lowest BCUT2D eigenvalue weighted by Crippen LogP contribution is -2.56. The lowest BCUT2D eigenvalue weighted by Gasteiger charge is -2.49. The number of hydrogen-bond donors (Lipinski definition) is 2. The number of hydrogen-bond acceptors (Lipinski definition) is 7. The van der Waals surface area contributed by atoms with Gasteiger partial charge in [-0.15, -0.1) is 0 Å². The van der Waals surface area contributed by atoms with E-state index in [1.807, 2.05) is 13.8 Å². The van der Waals surface area contributed by atoms with Crippen LogP contribution in [0.5, 0.6) is 0 Å². The average Bonchev–Trinajstić information content (AvgIpc) is 2.76. The third-order valence-corrected chi connectivity index (χ3v) is 12.3. The second-order valence-corrected chi connectivity index (χ2v) is 18.2. The van der Waals surface area contributed by atoms with Crippen LogP contribution in [0.25, 0.3) is 0 Å². The Kier molecular flexibility index (Phi) is 14.5. The summed E-state index contributed by atoms with van der Waals surface area (Å²) in [6, 6.07) is 0. The summed E-state index contributed by atoms with van der Waals surface area (Å²) in [6.45, 7) is 24.9. The molecular weight excluding hydrogens is 494 g/mol. The first kappa shape index (κ1) is 33.9. The van der Waals surface area contributed by atoms with Crippen LogP contribution < -0.4 is 5.32 Å². The van der Waals surface area contributed by atoms with Crippen LogP contribution in [0.15, 0.2) is 0 Å². The number of carbonyl (C=O) groups excluding carboxylic acids is 1. The highest BCUT2D eigenvalue weighted by molar-refractivity contribution is 7.81. The number of ether oxygens (including phenoxy) is 4. The highest BCUT2D eigenvalue weighted by Crippen LogP contribution is 2.42. The van der Waals surface area contributed by atoms with Gasteiger partial charge in [0.2, 0.25) is 5.91 Å². The van der Waals surface area contributed by atoms with Gasteiger partial charge >= 0.3 is 0 Å². The van der Waals surface area contributed by atoms with Crippen LogP contribution in [0.2, 0.25) is 18.1 Å². The molecule has 1 rings (SSSR count). The molecule has 1 fully saturated rings. The molecule has 1 saturated heterocycles. The summed E-state index contributed by atoms with van der Waals surface area (Å²) in [5, 5.41) is 2.99. The quantitative estimate of drug-likeness (QED) is 0.152. The smallest absolute Gasteiger partial charge is 0.220 e. The average molecular weight is 550 g/mol. The first-order chi connectivity index (χ1) is 16.6. The van der Waals surface area contributed by atoms with Crippen LogP contribution in [-0.2, 0) is 28.2 Å². The Morgan fingerprint density at radius 1 is 0.972 bits per heavy atom. The predicted molar refractivity (Wildman–Crippen MR) is 152 cm³/mol. The summed E-state index contributed by atoms with van der Waals surface area (Å²) in [7, 11) is -1.97. The van der Waals surface area contributed by atoms with Crippen molar-refractivity contribution in [2.75, 3.05) is 39.6 Å². The zero-order chi connectivity index (χ0) is 27.6. The molecule has 7 nitrogen and oxygen atoms in total. The summed E-state index contributed by atoms with van der Waals surface area (Å²) in [4.78, 5) is 11.8. The monoisotopic (exact) mass is 549 g/mol. The van der Waals surface area contributed by atoms with Crippen molar-refractivity contribution in [3.8, 4) is 0 Å². The lowest BCUT2D eigenvalue weighted by molar-refractivity contribution is -0.268. The number of thiol groups is 1. The highest BCUT2D eigenvalue weighted by Gasteiger charge is 2.47. The van der Waals surface area contributed by atoms with E-state index in [9.17, 15) is 4.79 Å². The summed E-state index contributed by atoms with van der Waals surface area (Å²) < 4.78 is 30.5. The predicted octanol–water partition coefficient (Wildman–Crippen LogP) is 5.44. The maximum absolute atomic E-state index is 11.8. The SMILES string of the molecule is CCC1OC(OCCOCCOCCNC(=O)CCC(C)(C)S)C(O[Si](C)(C)C(C)(C)C)C(C)C1C. The number of nitrogens with one attached hydrogen (secondary N) is 1. The summed E-state index contributed by atoms with van der Waals surface area (Å²) in [5.74, 6) is 0.795. The minimum absolute atomic E-state index is 0.0314. The molecule has 0 bridgehead atoms. The molecule has 0 aromatic heterocycles. The Labute approximate surface area is 227 Å². The van der Waals surface area contributed by atoms with Crippen molar-refractivity contribution in [3.05, 3.63) is 0 Å². The maximum atomic E-state index is 11.8. The molecule has 0 aromatic rings. The largest absolute Gasteiger partial charge is 0.408 e. The van der Waals surface area contributed by atoms with E-state index in [1.165, 1.54) is 0 Å². The Morgan fingerprint density at radius 3 is 2.11 bits per heavy atom. The fraction of sp³-hybridized carbons (Fsp3) is 0.963. The molecule has 0 aromatic carbocycles. The van der Waals surface area contributed by atoms with Crippen LogP contribution in [0, 0.1) is 11.8 Å². The van der Waals surface area contributed by atoms with Gasteiger partial charge in [0.15, 0.2) is 14.6 Å². The topological polar surface area (TPSA) is 75.3 Å². The van der Waals surface area contributed by atoms with Gasteiger partial charge in [0.05, 0.1) is 45.2 Å². The molecule has 1 aliphatic rings. The van der Waals surface area contributed by atoms with Gasteiger partial charge in [-0.25, -0.2) is 0 Å². The zero-order valence-corrected chi connectivity index (χ0v) is 26.5. The number of rotatable bonds is 16. The normalized spacial score (nSPS) is 25.7. The third-order valence-electron chi connectivity index (χ3n) is 7.56. The molecule has 0 spiro atoms. The Bertz CT molecular complexity index is 637. The minimum atomic E-state index is -1.97. The van der Waals surface area contributed by atoms with Crippen molar-refractivity contribution in [1.82, 2.24) is 5.32 Å². The molecule has 1 aliphatic heterocycles. The van der Waals surface area contributed by atoms with Crippen LogP contribution in [0.1, 0.15) is 74.7 Å². The van der Waals surface area contributed by atoms with E-state index >= 15 is 0 Å². The van der Waals surface area contributed by atoms with Crippen molar-refractivity contribution >= 4 is 26.9 Å². The summed E-state index contributed by atoms with van der Waals surface area (Å²) in [6.07, 6.45) is 1.88. The van der Waals surface area contributed by atoms with Gasteiger partial charge in [0.25, 0.3) is 0 Å². The van der Waals surface area contributed by atoms with Crippen molar-refractivity contribution in [1.29, 1.82) is 0 Å². The fourth-order valence-electron chi connectivity index (χ4n) is 3.86. The fourth-order valence-corrected chi connectivity index (χ4v) is 5.33. The standard InChI is InChI=1S/C27H55NO6SSi/c1-11-22-20(2)21(3)24(34-36(9,10)26(4,5)6)25(33-22)32-19-18-31-17-16-30-15-14-28-23(29)12-13-27(7,8)35/h20-22,24-25,35H,11-19H2,1-10H3,(H,28,29). The van der Waals surface area contributed by atoms with Gasteiger partial charge in [0.1, 0.15) is 0 Å². The summed E-state index contributed by atoms with van der Waals surface area (Å²) >= 11 is 4.44. The number of carbonyl (C=O) groups is 1. The first-order valence-electron chi connectivity index (χ1n) is 13.7. The van der Waals surface area contributed by atoms with Gasteiger partial charge in [-0.3, -0.25) is 4.79 Å².